The molecule has 1 aromatic rings. The molecule has 0 bridgehead atoms. The zero-order valence-corrected chi connectivity index (χ0v) is 10.7. The minimum absolute atomic E-state index is 0.0997. The Hall–Kier alpha value is -1.36. The van der Waals surface area contributed by atoms with E-state index in [-0.39, 0.29) is 5.91 Å². The van der Waals surface area contributed by atoms with E-state index in [1.54, 1.807) is 4.68 Å². The molecule has 1 amide bonds. The van der Waals surface area contributed by atoms with Gasteiger partial charge in [-0.2, -0.15) is 5.10 Å². The van der Waals surface area contributed by atoms with E-state index >= 15 is 0 Å². The van der Waals surface area contributed by atoms with Gasteiger partial charge < -0.3 is 10.2 Å². The minimum Gasteiger partial charge on any atom is -0.337 e. The van der Waals surface area contributed by atoms with Crippen LogP contribution in [0.4, 0.5) is 0 Å². The molecule has 0 atom stereocenters. The highest BCUT2D eigenvalue weighted by Crippen LogP contribution is 2.14. The van der Waals surface area contributed by atoms with Crippen LogP contribution < -0.4 is 5.32 Å². The van der Waals surface area contributed by atoms with E-state index in [2.05, 4.69) is 10.4 Å². The third-order valence-electron chi connectivity index (χ3n) is 3.41. The molecule has 0 spiro atoms. The number of rotatable bonds is 2. The summed E-state index contributed by atoms with van der Waals surface area (Å²) in [5, 5.41) is 7.48. The van der Waals surface area contributed by atoms with Gasteiger partial charge >= 0.3 is 0 Å². The molecule has 5 nitrogen and oxygen atoms in total. The summed E-state index contributed by atoms with van der Waals surface area (Å²) in [6.45, 7) is 3.56. The van der Waals surface area contributed by atoms with Gasteiger partial charge in [0.05, 0.1) is 5.69 Å². The lowest BCUT2D eigenvalue weighted by Crippen LogP contribution is -2.44. The Morgan fingerprint density at radius 3 is 2.59 bits per heavy atom. The molecule has 0 unspecified atom stereocenters. The fraction of sp³-hybridized carbons (Fsp3) is 0.667. The Bertz CT molecular complexity index is 405. The van der Waals surface area contributed by atoms with Gasteiger partial charge in [-0.15, -0.1) is 0 Å². The smallest absolute Gasteiger partial charge is 0.272 e. The van der Waals surface area contributed by atoms with Crippen LogP contribution in [-0.4, -0.2) is 46.8 Å². The number of carbonyl (C=O) groups excluding carboxylic acids is 1. The summed E-state index contributed by atoms with van der Waals surface area (Å²) in [6, 6.07) is 2.40. The quantitative estimate of drug-likeness (QED) is 0.816. The highest BCUT2D eigenvalue weighted by atomic mass is 16.2. The zero-order valence-electron chi connectivity index (χ0n) is 10.7. The Morgan fingerprint density at radius 2 is 2.12 bits per heavy atom. The number of piperidine rings is 1. The SMILES string of the molecule is CNC1CCN(C(=O)c2cc(C)nn2C)CC1. The number of likely N-dealkylation sites (tertiary alicyclic amines) is 1. The maximum Gasteiger partial charge on any atom is 0.272 e. The topological polar surface area (TPSA) is 50.2 Å². The Balaban J connectivity index is 2.04. The maximum atomic E-state index is 12.3. The number of hydrogen-bond donors (Lipinski definition) is 1. The van der Waals surface area contributed by atoms with Crippen LogP contribution in [0.1, 0.15) is 29.0 Å². The first-order chi connectivity index (χ1) is 8.11. The van der Waals surface area contributed by atoms with Crippen molar-refractivity contribution in [1.82, 2.24) is 20.0 Å². The first kappa shape index (κ1) is 12.1. The fourth-order valence-corrected chi connectivity index (χ4v) is 2.34. The largest absolute Gasteiger partial charge is 0.337 e. The third kappa shape index (κ3) is 2.49. The predicted molar refractivity (Wildman–Crippen MR) is 65.9 cm³/mol. The minimum atomic E-state index is 0.0997. The molecule has 94 valence electrons. The molecule has 0 saturated carbocycles. The summed E-state index contributed by atoms with van der Waals surface area (Å²) >= 11 is 0. The predicted octanol–water partition coefficient (Wildman–Crippen LogP) is 0.553. The van der Waals surface area contributed by atoms with Crippen molar-refractivity contribution in [3.8, 4) is 0 Å². The number of aromatic nitrogens is 2. The normalized spacial score (nSPS) is 17.5. The number of carbonyl (C=O) groups is 1. The lowest BCUT2D eigenvalue weighted by molar-refractivity contribution is 0.0696. The maximum absolute atomic E-state index is 12.3. The number of nitrogens with zero attached hydrogens (tertiary/aromatic N) is 3. The first-order valence-corrected chi connectivity index (χ1v) is 6.09. The van der Waals surface area contributed by atoms with Crippen LogP contribution in [0.2, 0.25) is 0 Å². The highest BCUT2D eigenvalue weighted by molar-refractivity contribution is 5.92. The molecule has 1 fully saturated rings. The van der Waals surface area contributed by atoms with Crippen LogP contribution in [0.25, 0.3) is 0 Å². The Morgan fingerprint density at radius 1 is 1.47 bits per heavy atom. The third-order valence-corrected chi connectivity index (χ3v) is 3.41. The lowest BCUT2D eigenvalue weighted by Gasteiger charge is -2.31. The van der Waals surface area contributed by atoms with E-state index in [1.807, 2.05) is 32.0 Å². The molecule has 2 rings (SSSR count). The molecular weight excluding hydrogens is 216 g/mol. The van der Waals surface area contributed by atoms with Crippen LogP contribution >= 0.6 is 0 Å². The number of nitrogens with one attached hydrogen (secondary N) is 1. The Kier molecular flexibility index (Phi) is 3.47. The molecule has 2 heterocycles. The van der Waals surface area contributed by atoms with Crippen molar-refractivity contribution in [3.63, 3.8) is 0 Å². The van der Waals surface area contributed by atoms with Crippen LogP contribution in [-0.2, 0) is 7.05 Å². The highest BCUT2D eigenvalue weighted by Gasteiger charge is 2.24. The summed E-state index contributed by atoms with van der Waals surface area (Å²) in [7, 11) is 3.80. The average molecular weight is 236 g/mol. The van der Waals surface area contributed by atoms with Gasteiger partial charge in [-0.25, -0.2) is 0 Å². The van der Waals surface area contributed by atoms with Crippen LogP contribution in [0.15, 0.2) is 6.07 Å². The molecule has 1 aliphatic heterocycles. The molecular formula is C12H20N4O. The first-order valence-electron chi connectivity index (χ1n) is 6.09. The monoisotopic (exact) mass is 236 g/mol. The molecule has 0 aliphatic carbocycles. The van der Waals surface area contributed by atoms with Gasteiger partial charge in [0.1, 0.15) is 5.69 Å². The van der Waals surface area contributed by atoms with E-state index in [0.717, 1.165) is 31.6 Å². The van der Waals surface area contributed by atoms with Crippen molar-refractivity contribution in [1.29, 1.82) is 0 Å². The molecule has 0 radical (unpaired) electrons. The van der Waals surface area contributed by atoms with E-state index in [4.69, 9.17) is 0 Å². The lowest BCUT2D eigenvalue weighted by atomic mass is 10.1. The molecule has 1 N–H and O–H groups in total. The van der Waals surface area contributed by atoms with Crippen molar-refractivity contribution in [2.24, 2.45) is 7.05 Å². The second kappa shape index (κ2) is 4.87. The van der Waals surface area contributed by atoms with E-state index < -0.39 is 0 Å². The van der Waals surface area contributed by atoms with Gasteiger partial charge in [-0.3, -0.25) is 9.48 Å². The van der Waals surface area contributed by atoms with Gasteiger partial charge in [0.25, 0.3) is 5.91 Å². The van der Waals surface area contributed by atoms with Crippen molar-refractivity contribution in [2.75, 3.05) is 20.1 Å². The molecule has 1 aliphatic rings. The number of amides is 1. The molecule has 17 heavy (non-hydrogen) atoms. The summed E-state index contributed by atoms with van der Waals surface area (Å²) in [5.41, 5.74) is 1.58. The second-order valence-electron chi connectivity index (χ2n) is 4.65. The molecule has 1 aromatic heterocycles. The van der Waals surface area contributed by atoms with Crippen molar-refractivity contribution < 1.29 is 4.79 Å². The van der Waals surface area contributed by atoms with Gasteiger partial charge in [0.2, 0.25) is 0 Å². The van der Waals surface area contributed by atoms with Crippen molar-refractivity contribution in [2.45, 2.75) is 25.8 Å². The van der Waals surface area contributed by atoms with E-state index in [0.29, 0.717) is 11.7 Å². The van der Waals surface area contributed by atoms with Gasteiger partial charge in [0.15, 0.2) is 0 Å². The van der Waals surface area contributed by atoms with Crippen LogP contribution in [0, 0.1) is 6.92 Å². The summed E-state index contributed by atoms with van der Waals surface area (Å²) in [5.74, 6) is 0.0997. The van der Waals surface area contributed by atoms with Gasteiger partial charge in [-0.1, -0.05) is 0 Å². The molecule has 1 saturated heterocycles. The standard InChI is InChI=1S/C12H20N4O/c1-9-8-11(15(3)14-9)12(17)16-6-4-10(13-2)5-7-16/h8,10,13H,4-7H2,1-3H3. The Labute approximate surface area is 102 Å². The van der Waals surface area contributed by atoms with Gasteiger partial charge in [0, 0.05) is 26.2 Å². The van der Waals surface area contributed by atoms with Gasteiger partial charge in [-0.05, 0) is 32.9 Å². The average Bonchev–Trinajstić information content (AvgIpc) is 2.68. The fourth-order valence-electron chi connectivity index (χ4n) is 2.34. The summed E-state index contributed by atoms with van der Waals surface area (Å²) < 4.78 is 1.67. The van der Waals surface area contributed by atoms with Crippen molar-refractivity contribution in [3.05, 3.63) is 17.5 Å². The number of aryl methyl sites for hydroxylation is 2. The molecule has 0 aromatic carbocycles. The van der Waals surface area contributed by atoms with Crippen LogP contribution in [0.5, 0.6) is 0 Å². The number of hydrogen-bond acceptors (Lipinski definition) is 3. The van der Waals surface area contributed by atoms with Crippen molar-refractivity contribution >= 4 is 5.91 Å². The van der Waals surface area contributed by atoms with Crippen LogP contribution in [0.3, 0.4) is 0 Å². The summed E-state index contributed by atoms with van der Waals surface area (Å²) in [6.07, 6.45) is 2.05. The van der Waals surface area contributed by atoms with E-state index in [1.165, 1.54) is 0 Å². The zero-order chi connectivity index (χ0) is 12.4. The summed E-state index contributed by atoms with van der Waals surface area (Å²) in [4.78, 5) is 14.2. The second-order valence-corrected chi connectivity index (χ2v) is 4.65. The molecule has 5 heteroatoms. The van der Waals surface area contributed by atoms with E-state index in [9.17, 15) is 4.79 Å².